The zero-order valence-corrected chi connectivity index (χ0v) is 14.1. The molecule has 1 saturated heterocycles. The number of nitrogens with zero attached hydrogens (tertiary/aromatic N) is 1. The van der Waals surface area contributed by atoms with Gasteiger partial charge in [0.15, 0.2) is 0 Å². The molecule has 2 rings (SSSR count). The summed E-state index contributed by atoms with van der Waals surface area (Å²) in [5.74, 6) is 0.0422. The Kier molecular flexibility index (Phi) is 6.31. The molecule has 1 aliphatic heterocycles. The van der Waals surface area contributed by atoms with Crippen LogP contribution in [0.1, 0.15) is 43.5 Å². The van der Waals surface area contributed by atoms with E-state index in [9.17, 15) is 9.59 Å². The van der Waals surface area contributed by atoms with Crippen molar-refractivity contribution < 1.29 is 9.59 Å². The lowest BCUT2D eigenvalue weighted by atomic mass is 10.2. The molecule has 1 heterocycles. The van der Waals surface area contributed by atoms with E-state index in [4.69, 9.17) is 0 Å². The zero-order chi connectivity index (χ0) is 15.9. The van der Waals surface area contributed by atoms with Gasteiger partial charge in [0.1, 0.15) is 0 Å². The molecule has 1 fully saturated rings. The van der Waals surface area contributed by atoms with Crippen LogP contribution >= 0.6 is 11.8 Å². The normalized spacial score (nSPS) is 14.4. The number of nitrogens with one attached hydrogen (secondary N) is 1. The Labute approximate surface area is 136 Å². The Balaban J connectivity index is 1.85. The van der Waals surface area contributed by atoms with Gasteiger partial charge in [0.25, 0.3) is 5.91 Å². The van der Waals surface area contributed by atoms with Gasteiger partial charge in [-0.15, -0.1) is 11.8 Å². The summed E-state index contributed by atoms with van der Waals surface area (Å²) in [6, 6.07) is 7.62. The van der Waals surface area contributed by atoms with Crippen LogP contribution in [-0.4, -0.2) is 41.6 Å². The molecule has 0 radical (unpaired) electrons. The number of thioether (sulfide) groups is 1. The van der Waals surface area contributed by atoms with E-state index in [0.29, 0.717) is 23.8 Å². The van der Waals surface area contributed by atoms with Gasteiger partial charge in [-0.25, -0.2) is 0 Å². The van der Waals surface area contributed by atoms with E-state index in [1.165, 1.54) is 0 Å². The summed E-state index contributed by atoms with van der Waals surface area (Å²) in [6.45, 7) is 6.33. The molecule has 1 aromatic carbocycles. The smallest absolute Gasteiger partial charge is 0.252 e. The first-order valence-electron chi connectivity index (χ1n) is 7.89. The van der Waals surface area contributed by atoms with E-state index >= 15 is 0 Å². The van der Waals surface area contributed by atoms with Crippen molar-refractivity contribution in [2.75, 3.05) is 19.6 Å². The average molecular weight is 320 g/mol. The minimum absolute atomic E-state index is 0.0991. The number of rotatable bonds is 6. The van der Waals surface area contributed by atoms with Crippen molar-refractivity contribution in [1.82, 2.24) is 10.2 Å². The molecule has 22 heavy (non-hydrogen) atoms. The van der Waals surface area contributed by atoms with E-state index in [-0.39, 0.29) is 11.8 Å². The Morgan fingerprint density at radius 1 is 1.23 bits per heavy atom. The van der Waals surface area contributed by atoms with Gasteiger partial charge in [-0.05, 0) is 25.0 Å². The fourth-order valence-corrected chi connectivity index (χ4v) is 3.47. The predicted octanol–water partition coefficient (Wildman–Crippen LogP) is 2.93. The SMILES string of the molecule is CC(C)Sc1ccccc1C(=O)NCCC(=O)N1CCCC1. The molecule has 1 N–H and O–H groups in total. The molecular formula is C17H24N2O2S. The van der Waals surface area contributed by atoms with E-state index in [1.54, 1.807) is 11.8 Å². The van der Waals surface area contributed by atoms with Crippen LogP contribution < -0.4 is 5.32 Å². The van der Waals surface area contributed by atoms with Gasteiger partial charge >= 0.3 is 0 Å². The Morgan fingerprint density at radius 2 is 1.91 bits per heavy atom. The topological polar surface area (TPSA) is 49.4 Å². The molecule has 4 nitrogen and oxygen atoms in total. The third-order valence-corrected chi connectivity index (χ3v) is 4.66. The Hall–Kier alpha value is -1.49. The molecular weight excluding hydrogens is 296 g/mol. The van der Waals surface area contributed by atoms with E-state index in [2.05, 4.69) is 19.2 Å². The van der Waals surface area contributed by atoms with Crippen molar-refractivity contribution >= 4 is 23.6 Å². The zero-order valence-electron chi connectivity index (χ0n) is 13.3. The van der Waals surface area contributed by atoms with Crippen molar-refractivity contribution in [2.24, 2.45) is 0 Å². The van der Waals surface area contributed by atoms with Gasteiger partial charge in [0.05, 0.1) is 5.56 Å². The Morgan fingerprint density at radius 3 is 2.59 bits per heavy atom. The number of carbonyl (C=O) groups is 2. The molecule has 5 heteroatoms. The highest BCUT2D eigenvalue weighted by molar-refractivity contribution is 8.00. The second kappa shape index (κ2) is 8.22. The van der Waals surface area contributed by atoms with Crippen LogP contribution in [0.5, 0.6) is 0 Å². The van der Waals surface area contributed by atoms with E-state index in [1.807, 2.05) is 29.2 Å². The molecule has 1 aliphatic rings. The predicted molar refractivity (Wildman–Crippen MR) is 90.2 cm³/mol. The molecule has 0 spiro atoms. The number of likely N-dealkylation sites (tertiary alicyclic amines) is 1. The van der Waals surface area contributed by atoms with Gasteiger partial charge in [-0.1, -0.05) is 26.0 Å². The van der Waals surface area contributed by atoms with Crippen LogP contribution in [0.4, 0.5) is 0 Å². The van der Waals surface area contributed by atoms with Crippen LogP contribution in [0.25, 0.3) is 0 Å². The highest BCUT2D eigenvalue weighted by Crippen LogP contribution is 2.26. The monoisotopic (exact) mass is 320 g/mol. The van der Waals surface area contributed by atoms with Gasteiger partial charge in [-0.2, -0.15) is 0 Å². The van der Waals surface area contributed by atoms with Gasteiger partial charge in [0, 0.05) is 36.2 Å². The van der Waals surface area contributed by atoms with Gasteiger partial charge in [0.2, 0.25) is 5.91 Å². The first kappa shape index (κ1) is 16.9. The minimum Gasteiger partial charge on any atom is -0.351 e. The molecule has 2 amide bonds. The summed E-state index contributed by atoms with van der Waals surface area (Å²) >= 11 is 1.68. The van der Waals surface area contributed by atoms with E-state index in [0.717, 1.165) is 30.8 Å². The van der Waals surface area contributed by atoms with Crippen molar-refractivity contribution in [3.8, 4) is 0 Å². The summed E-state index contributed by atoms with van der Waals surface area (Å²) in [6.07, 6.45) is 2.57. The summed E-state index contributed by atoms with van der Waals surface area (Å²) in [5, 5.41) is 3.29. The second-order valence-corrected chi connectivity index (χ2v) is 7.37. The second-order valence-electron chi connectivity index (χ2n) is 5.76. The number of amides is 2. The van der Waals surface area contributed by atoms with Crippen molar-refractivity contribution in [3.63, 3.8) is 0 Å². The highest BCUT2D eigenvalue weighted by Gasteiger charge is 2.18. The third kappa shape index (κ3) is 4.77. The fourth-order valence-electron chi connectivity index (χ4n) is 2.51. The number of hydrogen-bond acceptors (Lipinski definition) is 3. The molecule has 0 saturated carbocycles. The Bertz CT molecular complexity index is 525. The standard InChI is InChI=1S/C17H24N2O2S/c1-13(2)22-15-8-4-3-7-14(15)17(21)18-10-9-16(20)19-11-5-6-12-19/h3-4,7-8,13H,5-6,9-12H2,1-2H3,(H,18,21). The van der Waals surface area contributed by atoms with Crippen molar-refractivity contribution in [2.45, 2.75) is 43.3 Å². The highest BCUT2D eigenvalue weighted by atomic mass is 32.2. The number of hydrogen-bond donors (Lipinski definition) is 1. The maximum Gasteiger partial charge on any atom is 0.252 e. The van der Waals surface area contributed by atoms with Crippen molar-refractivity contribution in [1.29, 1.82) is 0 Å². The number of benzene rings is 1. The molecule has 120 valence electrons. The first-order valence-corrected chi connectivity index (χ1v) is 8.77. The quantitative estimate of drug-likeness (QED) is 0.820. The summed E-state index contributed by atoms with van der Waals surface area (Å²) in [5.41, 5.74) is 0.690. The maximum atomic E-state index is 12.3. The largest absolute Gasteiger partial charge is 0.351 e. The lowest BCUT2D eigenvalue weighted by molar-refractivity contribution is -0.129. The molecule has 0 bridgehead atoms. The van der Waals surface area contributed by atoms with Crippen LogP contribution in [-0.2, 0) is 4.79 Å². The van der Waals surface area contributed by atoms with Gasteiger partial charge < -0.3 is 10.2 Å². The summed E-state index contributed by atoms with van der Waals surface area (Å²) in [7, 11) is 0. The molecule has 0 atom stereocenters. The average Bonchev–Trinajstić information content (AvgIpc) is 3.01. The van der Waals surface area contributed by atoms with E-state index < -0.39 is 0 Å². The molecule has 1 aromatic rings. The molecule has 0 unspecified atom stereocenters. The molecule has 0 aliphatic carbocycles. The van der Waals surface area contributed by atoms with Crippen LogP contribution in [0.3, 0.4) is 0 Å². The van der Waals surface area contributed by atoms with Gasteiger partial charge in [-0.3, -0.25) is 9.59 Å². The lowest BCUT2D eigenvalue weighted by Gasteiger charge is -2.15. The van der Waals surface area contributed by atoms with Crippen LogP contribution in [0.15, 0.2) is 29.2 Å². The first-order chi connectivity index (χ1) is 10.6. The van der Waals surface area contributed by atoms with Crippen LogP contribution in [0.2, 0.25) is 0 Å². The minimum atomic E-state index is -0.0991. The summed E-state index contributed by atoms with van der Waals surface area (Å²) < 4.78 is 0. The lowest BCUT2D eigenvalue weighted by Crippen LogP contribution is -2.32. The molecule has 0 aromatic heterocycles. The fraction of sp³-hybridized carbons (Fsp3) is 0.529. The maximum absolute atomic E-state index is 12.3. The third-order valence-electron chi connectivity index (χ3n) is 3.58. The van der Waals surface area contributed by atoms with Crippen molar-refractivity contribution in [3.05, 3.63) is 29.8 Å². The van der Waals surface area contributed by atoms with Crippen LogP contribution in [0, 0.1) is 0 Å². The summed E-state index contributed by atoms with van der Waals surface area (Å²) in [4.78, 5) is 27.1. The number of carbonyl (C=O) groups excluding carboxylic acids is 2.